The summed E-state index contributed by atoms with van der Waals surface area (Å²) in [6.07, 6.45) is -0.486. The van der Waals surface area contributed by atoms with Gasteiger partial charge in [0.15, 0.2) is 11.5 Å². The fraction of sp³-hybridized carbons (Fsp3) is 0.667. The van der Waals surface area contributed by atoms with Crippen LogP contribution in [0.5, 0.6) is 11.5 Å². The van der Waals surface area contributed by atoms with Crippen molar-refractivity contribution in [2.24, 2.45) is 0 Å². The van der Waals surface area contributed by atoms with Gasteiger partial charge < -0.3 is 19.9 Å². The van der Waals surface area contributed by atoms with Crippen LogP contribution in [-0.2, 0) is 6.54 Å². The molecule has 1 unspecified atom stereocenters. The van der Waals surface area contributed by atoms with Gasteiger partial charge in [-0.15, -0.1) is 0 Å². The summed E-state index contributed by atoms with van der Waals surface area (Å²) in [7, 11) is 1.64. The minimum absolute atomic E-state index is 0.281. The van der Waals surface area contributed by atoms with Gasteiger partial charge in [0.1, 0.15) is 12.7 Å². The molecule has 1 fully saturated rings. The molecule has 2 rings (SSSR count). The number of methoxy groups -OCH3 is 1. The molecule has 0 amide bonds. The van der Waals surface area contributed by atoms with E-state index in [1.165, 1.54) is 0 Å². The molecule has 0 bridgehead atoms. The minimum Gasteiger partial charge on any atom is -0.493 e. The van der Waals surface area contributed by atoms with Gasteiger partial charge in [0.05, 0.1) is 7.11 Å². The normalized spacial score (nSPS) is 17.0. The fourth-order valence-electron chi connectivity index (χ4n) is 2.58. The van der Waals surface area contributed by atoms with Gasteiger partial charge in [-0.1, -0.05) is 19.9 Å². The third kappa shape index (κ3) is 6.51. The lowest BCUT2D eigenvalue weighted by Gasteiger charge is -2.28. The molecule has 0 aromatic heterocycles. The molecule has 6 heteroatoms. The van der Waals surface area contributed by atoms with Gasteiger partial charge in [0.2, 0.25) is 0 Å². The molecule has 0 radical (unpaired) electrons. The minimum atomic E-state index is -0.486. The standard InChI is InChI=1S/C18H30N2O3S/c1-14(2)19-11-15-4-5-17(18(10-15)22-3)23-13-16(21)12-20-6-8-24-9-7-20/h4-5,10,14,16,19,21H,6-9,11-13H2,1-3H3. The average Bonchev–Trinajstić information content (AvgIpc) is 2.59. The molecule has 0 aliphatic carbocycles. The van der Waals surface area contributed by atoms with Gasteiger partial charge in [-0.25, -0.2) is 0 Å². The Morgan fingerprint density at radius 3 is 2.67 bits per heavy atom. The summed E-state index contributed by atoms with van der Waals surface area (Å²) < 4.78 is 11.2. The molecule has 1 aliphatic rings. The lowest BCUT2D eigenvalue weighted by atomic mass is 10.2. The van der Waals surface area contributed by atoms with E-state index in [0.29, 0.717) is 24.1 Å². The number of benzene rings is 1. The van der Waals surface area contributed by atoms with E-state index in [2.05, 4.69) is 24.1 Å². The summed E-state index contributed by atoms with van der Waals surface area (Å²) in [5.41, 5.74) is 1.15. The van der Waals surface area contributed by atoms with Crippen LogP contribution in [0.3, 0.4) is 0 Å². The molecule has 24 heavy (non-hydrogen) atoms. The van der Waals surface area contributed by atoms with Crippen molar-refractivity contribution in [2.75, 3.05) is 44.9 Å². The predicted molar refractivity (Wildman–Crippen MR) is 100 cm³/mol. The number of aliphatic hydroxyl groups is 1. The van der Waals surface area contributed by atoms with Crippen LogP contribution in [0, 0.1) is 0 Å². The lowest BCUT2D eigenvalue weighted by molar-refractivity contribution is 0.0705. The molecule has 1 aromatic rings. The highest BCUT2D eigenvalue weighted by Gasteiger charge is 2.16. The Balaban J connectivity index is 1.84. The van der Waals surface area contributed by atoms with Crippen LogP contribution in [0.4, 0.5) is 0 Å². The van der Waals surface area contributed by atoms with Crippen LogP contribution in [-0.4, -0.2) is 67.0 Å². The van der Waals surface area contributed by atoms with Gasteiger partial charge in [-0.2, -0.15) is 11.8 Å². The number of ether oxygens (including phenoxy) is 2. The second-order valence-electron chi connectivity index (χ2n) is 6.40. The van der Waals surface area contributed by atoms with Gasteiger partial charge in [0, 0.05) is 43.7 Å². The van der Waals surface area contributed by atoms with Gasteiger partial charge >= 0.3 is 0 Å². The molecule has 0 spiro atoms. The molecular weight excluding hydrogens is 324 g/mol. The molecule has 136 valence electrons. The van der Waals surface area contributed by atoms with E-state index in [-0.39, 0.29) is 6.61 Å². The van der Waals surface area contributed by atoms with Crippen LogP contribution in [0.25, 0.3) is 0 Å². The number of nitrogens with zero attached hydrogens (tertiary/aromatic N) is 1. The smallest absolute Gasteiger partial charge is 0.161 e. The quantitative estimate of drug-likeness (QED) is 0.707. The summed E-state index contributed by atoms with van der Waals surface area (Å²) in [5.74, 6) is 3.68. The first-order chi connectivity index (χ1) is 11.6. The van der Waals surface area contributed by atoms with Crippen molar-refractivity contribution in [3.63, 3.8) is 0 Å². The zero-order valence-corrected chi connectivity index (χ0v) is 15.8. The highest BCUT2D eigenvalue weighted by atomic mass is 32.2. The first-order valence-corrected chi connectivity index (χ1v) is 9.75. The first kappa shape index (κ1) is 19.4. The number of β-amino-alcohol motifs (C(OH)–C–C–N with tert-alkyl or cyclic N) is 1. The Morgan fingerprint density at radius 1 is 1.25 bits per heavy atom. The molecule has 1 heterocycles. The molecule has 1 atom stereocenters. The molecule has 2 N–H and O–H groups in total. The number of aliphatic hydroxyl groups excluding tert-OH is 1. The second-order valence-corrected chi connectivity index (χ2v) is 7.62. The van der Waals surface area contributed by atoms with Crippen LogP contribution >= 0.6 is 11.8 Å². The Bertz CT molecular complexity index is 493. The molecule has 0 saturated carbocycles. The molecular formula is C18H30N2O3S. The van der Waals surface area contributed by atoms with E-state index in [1.807, 2.05) is 30.0 Å². The van der Waals surface area contributed by atoms with Crippen molar-refractivity contribution in [3.05, 3.63) is 23.8 Å². The highest BCUT2D eigenvalue weighted by Crippen LogP contribution is 2.28. The second kappa shape index (κ2) is 10.1. The number of thioether (sulfide) groups is 1. The number of hydrogen-bond donors (Lipinski definition) is 2. The van der Waals surface area contributed by atoms with E-state index in [0.717, 1.165) is 36.7 Å². The third-order valence-electron chi connectivity index (χ3n) is 3.95. The van der Waals surface area contributed by atoms with E-state index in [1.54, 1.807) is 7.11 Å². The fourth-order valence-corrected chi connectivity index (χ4v) is 3.56. The average molecular weight is 355 g/mol. The SMILES string of the molecule is COc1cc(CNC(C)C)ccc1OCC(O)CN1CCSCC1. The molecule has 1 saturated heterocycles. The summed E-state index contributed by atoms with van der Waals surface area (Å²) >= 11 is 1.97. The van der Waals surface area contributed by atoms with Crippen molar-refractivity contribution in [1.29, 1.82) is 0 Å². The summed E-state index contributed by atoms with van der Waals surface area (Å²) in [5, 5.41) is 13.6. The van der Waals surface area contributed by atoms with E-state index in [9.17, 15) is 5.11 Å². The number of hydrogen-bond acceptors (Lipinski definition) is 6. The Labute approximate surface area is 149 Å². The van der Waals surface area contributed by atoms with Crippen molar-refractivity contribution in [3.8, 4) is 11.5 Å². The maximum atomic E-state index is 10.2. The van der Waals surface area contributed by atoms with Crippen molar-refractivity contribution in [1.82, 2.24) is 10.2 Å². The Hall–Kier alpha value is -0.950. The lowest BCUT2D eigenvalue weighted by Crippen LogP contribution is -2.40. The van der Waals surface area contributed by atoms with Gasteiger partial charge in [0.25, 0.3) is 0 Å². The summed E-state index contributed by atoms with van der Waals surface area (Å²) in [6, 6.07) is 6.37. The maximum Gasteiger partial charge on any atom is 0.161 e. The third-order valence-corrected chi connectivity index (χ3v) is 4.89. The van der Waals surface area contributed by atoms with Crippen molar-refractivity contribution in [2.45, 2.75) is 32.5 Å². The Kier molecular flexibility index (Phi) is 8.18. The van der Waals surface area contributed by atoms with E-state index < -0.39 is 6.10 Å². The zero-order valence-electron chi connectivity index (χ0n) is 15.0. The number of nitrogens with one attached hydrogen (secondary N) is 1. The predicted octanol–water partition coefficient (Wildman–Crippen LogP) is 1.98. The van der Waals surface area contributed by atoms with Crippen LogP contribution in [0.15, 0.2) is 18.2 Å². The Morgan fingerprint density at radius 2 is 2.00 bits per heavy atom. The van der Waals surface area contributed by atoms with Crippen LogP contribution in [0.1, 0.15) is 19.4 Å². The summed E-state index contributed by atoms with van der Waals surface area (Å²) in [4.78, 5) is 2.29. The molecule has 5 nitrogen and oxygen atoms in total. The first-order valence-electron chi connectivity index (χ1n) is 8.59. The molecule has 1 aliphatic heterocycles. The van der Waals surface area contributed by atoms with Crippen molar-refractivity contribution < 1.29 is 14.6 Å². The largest absolute Gasteiger partial charge is 0.493 e. The van der Waals surface area contributed by atoms with E-state index in [4.69, 9.17) is 9.47 Å². The number of rotatable bonds is 9. The topological polar surface area (TPSA) is 54.0 Å². The van der Waals surface area contributed by atoms with Crippen LogP contribution in [0.2, 0.25) is 0 Å². The maximum absolute atomic E-state index is 10.2. The monoisotopic (exact) mass is 354 g/mol. The highest BCUT2D eigenvalue weighted by molar-refractivity contribution is 7.99. The van der Waals surface area contributed by atoms with E-state index >= 15 is 0 Å². The van der Waals surface area contributed by atoms with Gasteiger partial charge in [-0.05, 0) is 17.7 Å². The molecule has 1 aromatic carbocycles. The van der Waals surface area contributed by atoms with Crippen LogP contribution < -0.4 is 14.8 Å². The van der Waals surface area contributed by atoms with Crippen molar-refractivity contribution >= 4 is 11.8 Å². The summed E-state index contributed by atoms with van der Waals surface area (Å²) in [6.45, 7) is 8.08. The van der Waals surface area contributed by atoms with Gasteiger partial charge in [-0.3, -0.25) is 4.90 Å². The zero-order chi connectivity index (χ0) is 17.4.